The van der Waals surface area contributed by atoms with Crippen molar-refractivity contribution in [3.05, 3.63) is 64.2 Å². The van der Waals surface area contributed by atoms with Gasteiger partial charge in [0, 0.05) is 29.4 Å². The largest absolute Gasteiger partial charge is 0.497 e. The molecule has 3 atom stereocenters. The predicted octanol–water partition coefficient (Wildman–Crippen LogP) is 2.88. The number of nitro groups is 1. The maximum atomic E-state index is 13.6. The normalized spacial score (nSPS) is 21.7. The van der Waals surface area contributed by atoms with Gasteiger partial charge in [-0.1, -0.05) is 18.9 Å². The fraction of sp³-hybridized carbons (Fsp3) is 0.375. The van der Waals surface area contributed by atoms with Crippen LogP contribution < -0.4 is 15.4 Å². The molecule has 1 saturated carbocycles. The molecule has 10 heteroatoms. The van der Waals surface area contributed by atoms with Crippen molar-refractivity contribution in [2.24, 2.45) is 0 Å². The number of nitrogens with zero attached hydrogens (tertiary/aromatic N) is 2. The van der Waals surface area contributed by atoms with E-state index in [1.54, 1.807) is 29.2 Å². The van der Waals surface area contributed by atoms with Gasteiger partial charge in [0.1, 0.15) is 11.8 Å². The number of benzene rings is 2. The molecule has 2 aromatic carbocycles. The number of hydrogen-bond donors (Lipinski definition) is 2. The standard InChI is InChI=1S/C24H26N4O6/c1-34-18-11-9-15(10-12-18)24(31)27-20-8-3-2-7-19(20)26-23(30)21(27)14-22(29)25-16-5-4-6-17(13-16)28(32)33/h4-6,9-13,19-21H,2-3,7-8,14H2,1H3,(H,25,29)(H,26,30)/t19-,20-,21-/m0/s1. The molecule has 4 rings (SSSR count). The lowest BCUT2D eigenvalue weighted by Gasteiger charge is -2.48. The molecule has 178 valence electrons. The highest BCUT2D eigenvalue weighted by atomic mass is 16.6. The summed E-state index contributed by atoms with van der Waals surface area (Å²) in [6.07, 6.45) is 3.13. The Morgan fingerprint density at radius 1 is 1.18 bits per heavy atom. The lowest BCUT2D eigenvalue weighted by molar-refractivity contribution is -0.384. The van der Waals surface area contributed by atoms with Crippen LogP contribution in [0.2, 0.25) is 0 Å². The van der Waals surface area contributed by atoms with Crippen molar-refractivity contribution < 1.29 is 24.0 Å². The van der Waals surface area contributed by atoms with Gasteiger partial charge in [0.25, 0.3) is 11.6 Å². The van der Waals surface area contributed by atoms with Crippen LogP contribution in [0.4, 0.5) is 11.4 Å². The summed E-state index contributed by atoms with van der Waals surface area (Å²) in [5.74, 6) is -0.597. The van der Waals surface area contributed by atoms with Gasteiger partial charge in [-0.15, -0.1) is 0 Å². The van der Waals surface area contributed by atoms with Gasteiger partial charge >= 0.3 is 0 Å². The molecule has 0 aromatic heterocycles. The molecular formula is C24H26N4O6. The van der Waals surface area contributed by atoms with E-state index in [2.05, 4.69) is 10.6 Å². The molecule has 2 fully saturated rings. The van der Waals surface area contributed by atoms with Gasteiger partial charge in [0.15, 0.2) is 0 Å². The van der Waals surface area contributed by atoms with Crippen LogP contribution in [-0.2, 0) is 9.59 Å². The quantitative estimate of drug-likeness (QED) is 0.497. The maximum Gasteiger partial charge on any atom is 0.271 e. The summed E-state index contributed by atoms with van der Waals surface area (Å²) in [6.45, 7) is 0. The molecule has 1 aliphatic heterocycles. The van der Waals surface area contributed by atoms with Crippen molar-refractivity contribution in [2.45, 2.75) is 50.2 Å². The third-order valence-electron chi connectivity index (χ3n) is 6.34. The second-order valence-electron chi connectivity index (χ2n) is 8.48. The van der Waals surface area contributed by atoms with E-state index < -0.39 is 16.9 Å². The SMILES string of the molecule is COc1ccc(C(=O)N2[C@@H](CC(=O)Nc3cccc([N+](=O)[O-])c3)C(=O)N[C@H]3CCCC[C@@H]32)cc1. The van der Waals surface area contributed by atoms with Crippen molar-refractivity contribution in [1.82, 2.24) is 10.2 Å². The molecule has 0 bridgehead atoms. The minimum Gasteiger partial charge on any atom is -0.497 e. The lowest BCUT2D eigenvalue weighted by atomic mass is 9.84. The topological polar surface area (TPSA) is 131 Å². The van der Waals surface area contributed by atoms with Gasteiger partial charge in [-0.05, 0) is 43.2 Å². The number of hydrogen-bond acceptors (Lipinski definition) is 6. The third-order valence-corrected chi connectivity index (χ3v) is 6.34. The van der Waals surface area contributed by atoms with Crippen LogP contribution in [0.15, 0.2) is 48.5 Å². The average Bonchev–Trinajstić information content (AvgIpc) is 2.84. The Balaban J connectivity index is 1.58. The molecule has 3 amide bonds. The molecule has 0 unspecified atom stereocenters. The van der Waals surface area contributed by atoms with Crippen molar-refractivity contribution in [3.63, 3.8) is 0 Å². The molecule has 1 aliphatic carbocycles. The number of nitrogens with one attached hydrogen (secondary N) is 2. The molecule has 10 nitrogen and oxygen atoms in total. The summed E-state index contributed by atoms with van der Waals surface area (Å²) in [5.41, 5.74) is 0.498. The molecular weight excluding hydrogens is 440 g/mol. The van der Waals surface area contributed by atoms with Crippen molar-refractivity contribution in [2.75, 3.05) is 12.4 Å². The summed E-state index contributed by atoms with van der Waals surface area (Å²) in [6, 6.07) is 10.9. The van der Waals surface area contributed by atoms with Crippen LogP contribution in [0.3, 0.4) is 0 Å². The van der Waals surface area contributed by atoms with E-state index in [1.165, 1.54) is 31.4 Å². The Morgan fingerprint density at radius 2 is 1.91 bits per heavy atom. The average molecular weight is 466 g/mol. The number of carbonyl (C=O) groups excluding carboxylic acids is 3. The predicted molar refractivity (Wildman–Crippen MR) is 123 cm³/mol. The molecule has 2 aromatic rings. The van der Waals surface area contributed by atoms with Gasteiger partial charge in [-0.25, -0.2) is 0 Å². The molecule has 0 radical (unpaired) electrons. The summed E-state index contributed by atoms with van der Waals surface area (Å²) in [7, 11) is 1.54. The number of fused-ring (bicyclic) bond motifs is 1. The number of piperazine rings is 1. The second kappa shape index (κ2) is 9.90. The van der Waals surface area contributed by atoms with E-state index in [0.29, 0.717) is 11.3 Å². The fourth-order valence-electron chi connectivity index (χ4n) is 4.70. The second-order valence-corrected chi connectivity index (χ2v) is 8.48. The zero-order valence-electron chi connectivity index (χ0n) is 18.7. The summed E-state index contributed by atoms with van der Waals surface area (Å²) >= 11 is 0. The van der Waals surface area contributed by atoms with Crippen molar-refractivity contribution in [1.29, 1.82) is 0 Å². The van der Waals surface area contributed by atoms with Crippen LogP contribution in [0.5, 0.6) is 5.75 Å². The Bertz CT molecular complexity index is 1100. The number of rotatable bonds is 6. The highest BCUT2D eigenvalue weighted by molar-refractivity contribution is 6.01. The molecule has 2 aliphatic rings. The minimum atomic E-state index is -0.993. The van der Waals surface area contributed by atoms with E-state index in [-0.39, 0.29) is 41.7 Å². The van der Waals surface area contributed by atoms with Crippen molar-refractivity contribution >= 4 is 29.1 Å². The van der Waals surface area contributed by atoms with Gasteiger partial charge in [-0.3, -0.25) is 24.5 Å². The molecule has 2 N–H and O–H groups in total. The number of non-ortho nitro benzene ring substituents is 1. The Morgan fingerprint density at radius 3 is 2.62 bits per heavy atom. The highest BCUT2D eigenvalue weighted by Gasteiger charge is 2.46. The number of amides is 3. The Kier molecular flexibility index (Phi) is 6.76. The van der Waals surface area contributed by atoms with Gasteiger partial charge in [0.2, 0.25) is 11.8 Å². The first-order chi connectivity index (χ1) is 16.4. The van der Waals surface area contributed by atoms with Gasteiger partial charge < -0.3 is 20.3 Å². The van der Waals surface area contributed by atoms with Crippen LogP contribution in [0, 0.1) is 10.1 Å². The number of nitro benzene ring substituents is 1. The summed E-state index contributed by atoms with van der Waals surface area (Å²) in [5, 5.41) is 16.6. The highest BCUT2D eigenvalue weighted by Crippen LogP contribution is 2.31. The van der Waals surface area contributed by atoms with Crippen LogP contribution >= 0.6 is 0 Å². The van der Waals surface area contributed by atoms with Crippen LogP contribution in [0.25, 0.3) is 0 Å². The van der Waals surface area contributed by atoms with E-state index in [1.807, 2.05) is 0 Å². The number of ether oxygens (including phenoxy) is 1. The lowest BCUT2D eigenvalue weighted by Crippen LogP contribution is -2.68. The number of methoxy groups -OCH3 is 1. The molecule has 1 saturated heterocycles. The van der Waals surface area contributed by atoms with E-state index in [9.17, 15) is 24.5 Å². The minimum absolute atomic E-state index is 0.153. The monoisotopic (exact) mass is 466 g/mol. The smallest absolute Gasteiger partial charge is 0.271 e. The summed E-state index contributed by atoms with van der Waals surface area (Å²) < 4.78 is 5.17. The first-order valence-corrected chi connectivity index (χ1v) is 11.2. The third kappa shape index (κ3) is 4.85. The Labute approximate surface area is 196 Å². The van der Waals surface area contributed by atoms with Crippen LogP contribution in [-0.4, -0.2) is 52.8 Å². The van der Waals surface area contributed by atoms with Gasteiger partial charge in [0.05, 0.1) is 24.5 Å². The molecule has 34 heavy (non-hydrogen) atoms. The first-order valence-electron chi connectivity index (χ1n) is 11.2. The molecule has 0 spiro atoms. The van der Waals surface area contributed by atoms with E-state index >= 15 is 0 Å². The van der Waals surface area contributed by atoms with E-state index in [4.69, 9.17) is 4.74 Å². The number of carbonyl (C=O) groups is 3. The fourth-order valence-corrected chi connectivity index (χ4v) is 4.70. The zero-order chi connectivity index (χ0) is 24.2. The van der Waals surface area contributed by atoms with E-state index in [0.717, 1.165) is 25.7 Å². The van der Waals surface area contributed by atoms with Crippen molar-refractivity contribution in [3.8, 4) is 5.75 Å². The number of anilines is 1. The van der Waals surface area contributed by atoms with Gasteiger partial charge in [-0.2, -0.15) is 0 Å². The van der Waals surface area contributed by atoms with Crippen LogP contribution in [0.1, 0.15) is 42.5 Å². The zero-order valence-corrected chi connectivity index (χ0v) is 18.7. The molecule has 1 heterocycles. The first kappa shape index (κ1) is 23.2. The summed E-state index contributed by atoms with van der Waals surface area (Å²) in [4.78, 5) is 51.5. The Hall–Kier alpha value is -3.95. The maximum absolute atomic E-state index is 13.6.